The van der Waals surface area contributed by atoms with Crippen molar-refractivity contribution in [1.82, 2.24) is 4.72 Å². The zero-order chi connectivity index (χ0) is 18.4. The summed E-state index contributed by atoms with van der Waals surface area (Å²) in [5.74, 6) is 0.812. The zero-order valence-electron chi connectivity index (χ0n) is 15.0. The maximum Gasteiger partial charge on any atom is 0.125 e. The van der Waals surface area contributed by atoms with Gasteiger partial charge in [-0.2, -0.15) is 0 Å². The lowest BCUT2D eigenvalue weighted by atomic mass is 10.00. The Bertz CT molecular complexity index is 846. The van der Waals surface area contributed by atoms with Crippen LogP contribution in [0.25, 0.3) is 0 Å². The van der Waals surface area contributed by atoms with E-state index < -0.39 is 11.0 Å². The first-order valence-corrected chi connectivity index (χ1v) is 9.73. The number of rotatable bonds is 7. The van der Waals surface area contributed by atoms with Gasteiger partial charge in [0.05, 0.1) is 12.0 Å². The van der Waals surface area contributed by atoms with Crippen LogP contribution in [-0.2, 0) is 17.4 Å². The van der Waals surface area contributed by atoms with Crippen molar-refractivity contribution in [3.05, 3.63) is 95.6 Å². The predicted octanol–water partition coefficient (Wildman–Crippen LogP) is 4.60. The second-order valence-electron chi connectivity index (χ2n) is 6.22. The van der Waals surface area contributed by atoms with Crippen LogP contribution in [0.5, 0.6) is 5.75 Å². The molecule has 4 heteroatoms. The van der Waals surface area contributed by atoms with Crippen molar-refractivity contribution in [3.8, 4) is 5.75 Å². The van der Waals surface area contributed by atoms with Crippen LogP contribution in [0.2, 0.25) is 0 Å². The standard InChI is InChI=1S/C22H23NO2S/c1-17-8-14-21(15-9-17)26(24)23-22(16-18-6-4-3-5-7-18)19-10-12-20(25-2)13-11-19/h3-15,22-23H,16H2,1-2H3/t22-,26?/m1/s1. The Morgan fingerprint density at radius 1 is 0.923 bits per heavy atom. The van der Waals surface area contributed by atoms with Crippen molar-refractivity contribution in [3.63, 3.8) is 0 Å². The molecule has 0 aliphatic carbocycles. The first kappa shape index (κ1) is 18.4. The van der Waals surface area contributed by atoms with E-state index in [0.717, 1.165) is 28.2 Å². The average molecular weight is 365 g/mol. The Morgan fingerprint density at radius 2 is 1.58 bits per heavy atom. The highest BCUT2D eigenvalue weighted by Crippen LogP contribution is 2.23. The zero-order valence-corrected chi connectivity index (χ0v) is 15.8. The Kier molecular flexibility index (Phi) is 6.21. The van der Waals surface area contributed by atoms with Crippen LogP contribution in [0, 0.1) is 6.92 Å². The number of aryl methyl sites for hydroxylation is 1. The lowest BCUT2D eigenvalue weighted by molar-refractivity contribution is 0.414. The molecule has 0 bridgehead atoms. The van der Waals surface area contributed by atoms with Crippen molar-refractivity contribution < 1.29 is 8.95 Å². The van der Waals surface area contributed by atoms with E-state index in [0.29, 0.717) is 0 Å². The summed E-state index contributed by atoms with van der Waals surface area (Å²) >= 11 is 0. The minimum Gasteiger partial charge on any atom is -0.497 e. The molecule has 1 N–H and O–H groups in total. The third-order valence-corrected chi connectivity index (χ3v) is 5.48. The highest BCUT2D eigenvalue weighted by atomic mass is 32.2. The summed E-state index contributed by atoms with van der Waals surface area (Å²) in [4.78, 5) is 0.780. The first-order chi connectivity index (χ1) is 12.7. The minimum absolute atomic E-state index is 0.0644. The fraction of sp³-hybridized carbons (Fsp3) is 0.182. The maximum absolute atomic E-state index is 12.8. The van der Waals surface area contributed by atoms with E-state index in [4.69, 9.17) is 4.74 Å². The Hall–Kier alpha value is -2.43. The molecule has 3 aromatic rings. The molecule has 0 aliphatic rings. The monoisotopic (exact) mass is 365 g/mol. The number of methoxy groups -OCH3 is 1. The van der Waals surface area contributed by atoms with E-state index >= 15 is 0 Å². The number of ether oxygens (including phenoxy) is 1. The van der Waals surface area contributed by atoms with Crippen molar-refractivity contribution >= 4 is 11.0 Å². The van der Waals surface area contributed by atoms with Gasteiger partial charge in [0, 0.05) is 6.04 Å². The third-order valence-electron chi connectivity index (χ3n) is 4.29. The fourth-order valence-corrected chi connectivity index (χ4v) is 3.77. The van der Waals surface area contributed by atoms with E-state index in [-0.39, 0.29) is 6.04 Å². The van der Waals surface area contributed by atoms with Crippen molar-refractivity contribution in [1.29, 1.82) is 0 Å². The van der Waals surface area contributed by atoms with E-state index in [9.17, 15) is 4.21 Å². The Balaban J connectivity index is 1.83. The van der Waals surface area contributed by atoms with Gasteiger partial charge in [-0.05, 0) is 48.7 Å². The summed E-state index contributed by atoms with van der Waals surface area (Å²) in [6, 6.07) is 25.9. The van der Waals surface area contributed by atoms with Crippen LogP contribution < -0.4 is 9.46 Å². The lowest BCUT2D eigenvalue weighted by Gasteiger charge is -2.19. The molecule has 0 saturated heterocycles. The minimum atomic E-state index is -1.28. The van der Waals surface area contributed by atoms with Gasteiger partial charge in [-0.25, -0.2) is 8.93 Å². The molecule has 26 heavy (non-hydrogen) atoms. The quantitative estimate of drug-likeness (QED) is 0.664. The molecule has 0 aromatic heterocycles. The molecule has 0 saturated carbocycles. The molecular formula is C22H23NO2S. The van der Waals surface area contributed by atoms with Gasteiger partial charge in [-0.1, -0.05) is 60.2 Å². The summed E-state index contributed by atoms with van der Waals surface area (Å²) in [5.41, 5.74) is 3.43. The van der Waals surface area contributed by atoms with Gasteiger partial charge in [0.25, 0.3) is 0 Å². The molecule has 0 spiro atoms. The predicted molar refractivity (Wildman–Crippen MR) is 107 cm³/mol. The van der Waals surface area contributed by atoms with Crippen LogP contribution in [0.1, 0.15) is 22.7 Å². The van der Waals surface area contributed by atoms with E-state index in [1.165, 1.54) is 5.56 Å². The Labute approximate surface area is 157 Å². The highest BCUT2D eigenvalue weighted by molar-refractivity contribution is 7.83. The summed E-state index contributed by atoms with van der Waals surface area (Å²) in [7, 11) is 0.370. The molecule has 3 rings (SSSR count). The molecule has 0 heterocycles. The number of hydrogen-bond acceptors (Lipinski definition) is 2. The molecule has 134 valence electrons. The van der Waals surface area contributed by atoms with Gasteiger partial charge in [0.15, 0.2) is 0 Å². The molecule has 3 aromatic carbocycles. The molecule has 1 unspecified atom stereocenters. The second kappa shape index (κ2) is 8.79. The smallest absolute Gasteiger partial charge is 0.125 e. The van der Waals surface area contributed by atoms with Crippen LogP contribution in [0.3, 0.4) is 0 Å². The molecule has 0 radical (unpaired) electrons. The van der Waals surface area contributed by atoms with Gasteiger partial charge in [0.2, 0.25) is 0 Å². The van der Waals surface area contributed by atoms with Gasteiger partial charge in [-0.3, -0.25) is 0 Å². The Morgan fingerprint density at radius 3 is 2.19 bits per heavy atom. The topological polar surface area (TPSA) is 38.3 Å². The van der Waals surface area contributed by atoms with Gasteiger partial charge in [0.1, 0.15) is 16.7 Å². The van der Waals surface area contributed by atoms with Crippen LogP contribution in [0.15, 0.2) is 83.8 Å². The van der Waals surface area contributed by atoms with Crippen LogP contribution >= 0.6 is 0 Å². The maximum atomic E-state index is 12.8. The second-order valence-corrected chi connectivity index (χ2v) is 7.46. The van der Waals surface area contributed by atoms with Gasteiger partial charge in [-0.15, -0.1) is 0 Å². The number of nitrogens with one attached hydrogen (secondary N) is 1. The molecule has 3 nitrogen and oxygen atoms in total. The van der Waals surface area contributed by atoms with Gasteiger partial charge < -0.3 is 4.74 Å². The molecule has 0 aliphatic heterocycles. The molecule has 2 atom stereocenters. The van der Waals surface area contributed by atoms with E-state index in [2.05, 4.69) is 16.9 Å². The van der Waals surface area contributed by atoms with Crippen molar-refractivity contribution in [2.24, 2.45) is 0 Å². The molecule has 0 fully saturated rings. The summed E-state index contributed by atoms with van der Waals surface area (Å²) < 4.78 is 21.4. The average Bonchev–Trinajstić information content (AvgIpc) is 2.69. The SMILES string of the molecule is COc1ccc([C@@H](Cc2ccccc2)NS(=O)c2ccc(C)cc2)cc1. The lowest BCUT2D eigenvalue weighted by Crippen LogP contribution is -2.25. The summed E-state index contributed by atoms with van der Waals surface area (Å²) in [6.45, 7) is 2.02. The van der Waals surface area contributed by atoms with Crippen molar-refractivity contribution in [2.75, 3.05) is 7.11 Å². The van der Waals surface area contributed by atoms with Crippen molar-refractivity contribution in [2.45, 2.75) is 24.3 Å². The summed E-state index contributed by atoms with van der Waals surface area (Å²) in [6.07, 6.45) is 0.755. The highest BCUT2D eigenvalue weighted by Gasteiger charge is 2.16. The normalized spacial score (nSPS) is 13.2. The first-order valence-electron chi connectivity index (χ1n) is 8.58. The van der Waals surface area contributed by atoms with Crippen LogP contribution in [0.4, 0.5) is 0 Å². The molecule has 0 amide bonds. The number of benzene rings is 3. The van der Waals surface area contributed by atoms with E-state index in [1.54, 1.807) is 7.11 Å². The molecular weight excluding hydrogens is 342 g/mol. The number of hydrogen-bond donors (Lipinski definition) is 1. The van der Waals surface area contributed by atoms with E-state index in [1.807, 2.05) is 73.7 Å². The summed E-state index contributed by atoms with van der Waals surface area (Å²) in [5, 5.41) is 0. The fourth-order valence-electron chi connectivity index (χ4n) is 2.77. The third kappa shape index (κ3) is 4.81. The van der Waals surface area contributed by atoms with Gasteiger partial charge >= 0.3 is 0 Å². The largest absolute Gasteiger partial charge is 0.497 e. The van der Waals surface area contributed by atoms with Crippen LogP contribution in [-0.4, -0.2) is 11.3 Å².